The largest absolute Gasteiger partial charge is 0.461 e. The van der Waals surface area contributed by atoms with Crippen LogP contribution >= 0.6 is 0 Å². The van der Waals surface area contributed by atoms with E-state index in [0.717, 1.165) is 11.8 Å². The van der Waals surface area contributed by atoms with E-state index in [1.54, 1.807) is 12.1 Å². The van der Waals surface area contributed by atoms with Crippen molar-refractivity contribution in [2.24, 2.45) is 0 Å². The summed E-state index contributed by atoms with van der Waals surface area (Å²) >= 11 is 0. The number of rotatable bonds is 4. The summed E-state index contributed by atoms with van der Waals surface area (Å²) in [7, 11) is -3.19. The van der Waals surface area contributed by atoms with Gasteiger partial charge in [-0.05, 0) is 23.3 Å². The van der Waals surface area contributed by atoms with Gasteiger partial charge in [-0.2, -0.15) is 0 Å². The van der Waals surface area contributed by atoms with E-state index in [0.29, 0.717) is 5.57 Å². The molecule has 0 aliphatic rings. The molecule has 0 saturated heterocycles. The van der Waals surface area contributed by atoms with Crippen molar-refractivity contribution in [3.63, 3.8) is 0 Å². The smallest absolute Gasteiger partial charge is 0.302 e. The van der Waals surface area contributed by atoms with E-state index in [-0.39, 0.29) is 17.5 Å². The van der Waals surface area contributed by atoms with Gasteiger partial charge < -0.3 is 4.74 Å². The molecule has 0 bridgehead atoms. The zero-order valence-electron chi connectivity index (χ0n) is 9.76. The highest BCUT2D eigenvalue weighted by Crippen LogP contribution is 2.16. The topological polar surface area (TPSA) is 60.4 Å². The fourth-order valence-corrected chi connectivity index (χ4v) is 1.84. The Morgan fingerprint density at radius 1 is 1.29 bits per heavy atom. The zero-order chi connectivity index (χ0) is 13.1. The maximum absolute atomic E-state index is 11.2. The molecule has 0 amide bonds. The maximum atomic E-state index is 11.2. The van der Waals surface area contributed by atoms with Gasteiger partial charge in [-0.1, -0.05) is 18.7 Å². The third kappa shape index (κ3) is 4.03. The molecular weight excluding hydrogens is 240 g/mol. The first-order valence-corrected chi connectivity index (χ1v) is 6.81. The number of sulfone groups is 1. The molecule has 0 atom stereocenters. The second-order valence-electron chi connectivity index (χ2n) is 3.68. The van der Waals surface area contributed by atoms with Crippen molar-refractivity contribution < 1.29 is 17.9 Å². The van der Waals surface area contributed by atoms with E-state index >= 15 is 0 Å². The Kier molecular flexibility index (Phi) is 4.07. The SMILES string of the molecule is C=C(COC(C)=O)c1ccc(S(C)(=O)=O)cc1. The highest BCUT2D eigenvalue weighted by Gasteiger charge is 2.07. The van der Waals surface area contributed by atoms with Gasteiger partial charge in [-0.25, -0.2) is 8.42 Å². The predicted octanol–water partition coefficient (Wildman–Crippen LogP) is 1.67. The molecule has 0 unspecified atom stereocenters. The lowest BCUT2D eigenvalue weighted by molar-refractivity contribution is -0.139. The summed E-state index contributed by atoms with van der Waals surface area (Å²) in [4.78, 5) is 10.9. The van der Waals surface area contributed by atoms with Gasteiger partial charge in [0.15, 0.2) is 9.84 Å². The number of benzene rings is 1. The van der Waals surface area contributed by atoms with Crippen molar-refractivity contribution in [1.82, 2.24) is 0 Å². The molecule has 1 aromatic rings. The summed E-state index contributed by atoms with van der Waals surface area (Å²) in [6.45, 7) is 5.19. The van der Waals surface area contributed by atoms with Gasteiger partial charge in [0, 0.05) is 13.2 Å². The Labute approximate surface area is 101 Å². The summed E-state index contributed by atoms with van der Waals surface area (Å²) < 4.78 is 27.3. The lowest BCUT2D eigenvalue weighted by atomic mass is 10.1. The summed E-state index contributed by atoms with van der Waals surface area (Å²) in [6.07, 6.45) is 1.15. The van der Waals surface area contributed by atoms with Crippen LogP contribution < -0.4 is 0 Å². The molecule has 17 heavy (non-hydrogen) atoms. The number of carbonyl (C=O) groups excluding carboxylic acids is 1. The van der Waals surface area contributed by atoms with Gasteiger partial charge in [0.05, 0.1) is 4.90 Å². The van der Waals surface area contributed by atoms with Crippen molar-refractivity contribution >= 4 is 21.4 Å². The number of esters is 1. The van der Waals surface area contributed by atoms with E-state index in [1.165, 1.54) is 19.1 Å². The van der Waals surface area contributed by atoms with Crippen molar-refractivity contribution in [2.45, 2.75) is 11.8 Å². The normalized spacial score (nSPS) is 10.9. The predicted molar refractivity (Wildman–Crippen MR) is 65.2 cm³/mol. The monoisotopic (exact) mass is 254 g/mol. The van der Waals surface area contributed by atoms with Gasteiger partial charge in [0.2, 0.25) is 0 Å². The second-order valence-corrected chi connectivity index (χ2v) is 5.70. The molecule has 5 heteroatoms. The minimum atomic E-state index is -3.19. The van der Waals surface area contributed by atoms with Crippen LogP contribution in [0.1, 0.15) is 12.5 Å². The van der Waals surface area contributed by atoms with Crippen LogP contribution in [0.15, 0.2) is 35.7 Å². The highest BCUT2D eigenvalue weighted by atomic mass is 32.2. The van der Waals surface area contributed by atoms with Gasteiger partial charge in [0.25, 0.3) is 0 Å². The summed E-state index contributed by atoms with van der Waals surface area (Å²) in [5, 5.41) is 0. The molecule has 0 aromatic heterocycles. The molecule has 0 N–H and O–H groups in total. The molecule has 92 valence electrons. The Morgan fingerprint density at radius 3 is 2.24 bits per heavy atom. The van der Waals surface area contributed by atoms with Gasteiger partial charge in [-0.15, -0.1) is 0 Å². The minimum absolute atomic E-state index is 0.105. The van der Waals surface area contributed by atoms with Crippen LogP contribution in [0, 0.1) is 0 Å². The van der Waals surface area contributed by atoms with Crippen molar-refractivity contribution in [3.05, 3.63) is 36.4 Å². The molecule has 0 saturated carbocycles. The maximum Gasteiger partial charge on any atom is 0.302 e. The number of ether oxygens (including phenoxy) is 1. The Hall–Kier alpha value is -1.62. The summed E-state index contributed by atoms with van der Waals surface area (Å²) in [5.74, 6) is -0.376. The fourth-order valence-electron chi connectivity index (χ4n) is 1.21. The Balaban J connectivity index is 2.81. The van der Waals surface area contributed by atoms with Gasteiger partial charge in [-0.3, -0.25) is 4.79 Å². The average Bonchev–Trinajstić information content (AvgIpc) is 2.25. The van der Waals surface area contributed by atoms with E-state index < -0.39 is 9.84 Å². The molecule has 0 fully saturated rings. The van der Waals surface area contributed by atoms with Crippen molar-refractivity contribution in [2.75, 3.05) is 12.9 Å². The highest BCUT2D eigenvalue weighted by molar-refractivity contribution is 7.90. The first-order valence-electron chi connectivity index (χ1n) is 4.92. The Morgan fingerprint density at radius 2 is 1.82 bits per heavy atom. The molecule has 0 spiro atoms. The van der Waals surface area contributed by atoms with Crippen LogP contribution in [0.4, 0.5) is 0 Å². The van der Waals surface area contributed by atoms with E-state index in [9.17, 15) is 13.2 Å². The first kappa shape index (κ1) is 13.4. The number of hydrogen-bond donors (Lipinski definition) is 0. The lowest BCUT2D eigenvalue weighted by Crippen LogP contribution is -2.02. The third-order valence-electron chi connectivity index (χ3n) is 2.14. The second kappa shape index (κ2) is 5.14. The first-order chi connectivity index (χ1) is 7.80. The quantitative estimate of drug-likeness (QED) is 0.767. The lowest BCUT2D eigenvalue weighted by Gasteiger charge is -2.06. The minimum Gasteiger partial charge on any atom is -0.461 e. The van der Waals surface area contributed by atoms with E-state index in [4.69, 9.17) is 4.74 Å². The molecule has 1 aromatic carbocycles. The molecule has 4 nitrogen and oxygen atoms in total. The third-order valence-corrected chi connectivity index (χ3v) is 3.27. The molecular formula is C12H14O4S. The number of hydrogen-bond acceptors (Lipinski definition) is 4. The van der Waals surface area contributed by atoms with Crippen LogP contribution in [0.2, 0.25) is 0 Å². The average molecular weight is 254 g/mol. The molecule has 0 heterocycles. The van der Waals surface area contributed by atoms with Crippen molar-refractivity contribution in [1.29, 1.82) is 0 Å². The van der Waals surface area contributed by atoms with Gasteiger partial charge >= 0.3 is 5.97 Å². The van der Waals surface area contributed by atoms with Crippen LogP contribution in [-0.2, 0) is 19.4 Å². The van der Waals surface area contributed by atoms with Crippen molar-refractivity contribution in [3.8, 4) is 0 Å². The van der Waals surface area contributed by atoms with Gasteiger partial charge in [0.1, 0.15) is 6.61 Å². The zero-order valence-corrected chi connectivity index (χ0v) is 10.6. The number of carbonyl (C=O) groups is 1. The molecule has 1 rings (SSSR count). The Bertz CT molecular complexity index is 526. The summed E-state index contributed by atoms with van der Waals surface area (Å²) in [5.41, 5.74) is 1.37. The molecule has 0 aliphatic heterocycles. The van der Waals surface area contributed by atoms with Crippen LogP contribution in [0.3, 0.4) is 0 Å². The standard InChI is InChI=1S/C12H14O4S/c1-9(8-16-10(2)13)11-4-6-12(7-5-11)17(3,14)15/h4-7H,1,8H2,2-3H3. The molecule has 0 radical (unpaired) electrons. The summed E-state index contributed by atoms with van der Waals surface area (Å²) in [6, 6.07) is 6.29. The fraction of sp³-hybridized carbons (Fsp3) is 0.250. The van der Waals surface area contributed by atoms with E-state index in [2.05, 4.69) is 6.58 Å². The van der Waals surface area contributed by atoms with Crippen LogP contribution in [0.25, 0.3) is 5.57 Å². The van der Waals surface area contributed by atoms with Crippen LogP contribution in [0.5, 0.6) is 0 Å². The molecule has 0 aliphatic carbocycles. The van der Waals surface area contributed by atoms with E-state index in [1.807, 2.05) is 0 Å². The van der Waals surface area contributed by atoms with Crippen LogP contribution in [-0.4, -0.2) is 27.2 Å².